The molecule has 0 saturated carbocycles. The molecule has 2 amide bonds. The molecule has 1 saturated heterocycles. The van der Waals surface area contributed by atoms with Crippen LogP contribution in [0.2, 0.25) is 0 Å². The number of aromatic hydroxyl groups is 1. The largest absolute Gasteiger partial charge is 0.508 e. The smallest absolute Gasteiger partial charge is 0.248 e. The van der Waals surface area contributed by atoms with Crippen molar-refractivity contribution in [2.75, 3.05) is 24.5 Å². The fourth-order valence-corrected chi connectivity index (χ4v) is 2.27. The van der Waals surface area contributed by atoms with Gasteiger partial charge in [-0.2, -0.15) is 5.26 Å². The molecule has 6 nitrogen and oxygen atoms in total. The molecule has 1 aromatic carbocycles. The number of nitriles is 1. The van der Waals surface area contributed by atoms with Crippen LogP contribution in [0.5, 0.6) is 5.75 Å². The highest BCUT2D eigenvalue weighted by Crippen LogP contribution is 2.25. The maximum Gasteiger partial charge on any atom is 0.248 e. The Kier molecular flexibility index (Phi) is 3.89. The first-order chi connectivity index (χ1) is 9.52. The van der Waals surface area contributed by atoms with E-state index in [-0.39, 0.29) is 43.6 Å². The molecule has 20 heavy (non-hydrogen) atoms. The van der Waals surface area contributed by atoms with Gasteiger partial charge in [0.15, 0.2) is 0 Å². The van der Waals surface area contributed by atoms with Crippen molar-refractivity contribution in [3.05, 3.63) is 23.8 Å². The van der Waals surface area contributed by atoms with E-state index < -0.39 is 0 Å². The number of imide groups is 1. The van der Waals surface area contributed by atoms with E-state index in [1.165, 1.54) is 6.07 Å². The molecule has 0 bridgehead atoms. The van der Waals surface area contributed by atoms with Gasteiger partial charge in [0.1, 0.15) is 5.75 Å². The number of amides is 2. The molecule has 1 aromatic rings. The van der Waals surface area contributed by atoms with Gasteiger partial charge in [0.25, 0.3) is 0 Å². The van der Waals surface area contributed by atoms with E-state index in [1.54, 1.807) is 17.0 Å². The van der Waals surface area contributed by atoms with Crippen LogP contribution in [0.3, 0.4) is 0 Å². The zero-order chi connectivity index (χ0) is 14.7. The number of hydrogen-bond donors (Lipinski definition) is 1. The highest BCUT2D eigenvalue weighted by atomic mass is 16.3. The summed E-state index contributed by atoms with van der Waals surface area (Å²) in [6, 6.07) is 6.73. The standard InChI is InChI=1S/C14H15N3O3/c1-10-7-11(18)3-4-12(10)16-8-13(19)17(6-2-5-15)14(20)9-16/h3-4,7,18H,2,6,8-9H2,1H3. The first-order valence-electron chi connectivity index (χ1n) is 6.27. The fraction of sp³-hybridized carbons (Fsp3) is 0.357. The van der Waals surface area contributed by atoms with Crippen LogP contribution in [0, 0.1) is 18.3 Å². The van der Waals surface area contributed by atoms with Gasteiger partial charge in [-0.3, -0.25) is 14.5 Å². The lowest BCUT2D eigenvalue weighted by atomic mass is 10.1. The Morgan fingerprint density at radius 2 is 1.95 bits per heavy atom. The number of carbonyl (C=O) groups excluding carboxylic acids is 2. The number of rotatable bonds is 3. The lowest BCUT2D eigenvalue weighted by molar-refractivity contribution is -0.145. The summed E-state index contributed by atoms with van der Waals surface area (Å²) >= 11 is 0. The SMILES string of the molecule is Cc1cc(O)ccc1N1CC(=O)N(CCC#N)C(=O)C1. The zero-order valence-electron chi connectivity index (χ0n) is 11.2. The summed E-state index contributed by atoms with van der Waals surface area (Å²) in [7, 11) is 0. The average molecular weight is 273 g/mol. The van der Waals surface area contributed by atoms with E-state index in [1.807, 2.05) is 13.0 Å². The number of phenolic OH excluding ortho intramolecular Hbond substituents is 1. The number of phenols is 1. The van der Waals surface area contributed by atoms with Gasteiger partial charge in [0, 0.05) is 12.2 Å². The normalized spacial score (nSPS) is 15.4. The molecule has 1 heterocycles. The molecule has 0 aliphatic carbocycles. The molecule has 0 atom stereocenters. The van der Waals surface area contributed by atoms with Gasteiger partial charge in [-0.1, -0.05) is 0 Å². The van der Waals surface area contributed by atoms with Crippen LogP contribution in [0.25, 0.3) is 0 Å². The molecular formula is C14H15N3O3. The van der Waals surface area contributed by atoms with Crippen LogP contribution in [0.1, 0.15) is 12.0 Å². The summed E-state index contributed by atoms with van der Waals surface area (Å²) < 4.78 is 0. The molecule has 6 heteroatoms. The molecular weight excluding hydrogens is 258 g/mol. The Morgan fingerprint density at radius 3 is 2.50 bits per heavy atom. The molecule has 1 aliphatic rings. The van der Waals surface area contributed by atoms with Crippen molar-refractivity contribution in [2.45, 2.75) is 13.3 Å². The summed E-state index contributed by atoms with van der Waals surface area (Å²) in [5.74, 6) is -0.454. The number of hydrogen-bond acceptors (Lipinski definition) is 5. The second-order valence-corrected chi connectivity index (χ2v) is 4.67. The molecule has 104 valence electrons. The van der Waals surface area contributed by atoms with E-state index in [4.69, 9.17) is 5.26 Å². The predicted molar refractivity (Wildman–Crippen MR) is 72.0 cm³/mol. The molecule has 1 aliphatic heterocycles. The highest BCUT2D eigenvalue weighted by molar-refractivity contribution is 6.02. The van der Waals surface area contributed by atoms with Crippen molar-refractivity contribution < 1.29 is 14.7 Å². The third kappa shape index (κ3) is 2.72. The van der Waals surface area contributed by atoms with Gasteiger partial charge in [0.05, 0.1) is 25.6 Å². The molecule has 1 fully saturated rings. The van der Waals surface area contributed by atoms with Crippen LogP contribution in [0.15, 0.2) is 18.2 Å². The van der Waals surface area contributed by atoms with Gasteiger partial charge in [-0.25, -0.2) is 0 Å². The number of aryl methyl sites for hydroxylation is 1. The topological polar surface area (TPSA) is 84.6 Å². The summed E-state index contributed by atoms with van der Waals surface area (Å²) in [5, 5.41) is 17.9. The quantitative estimate of drug-likeness (QED) is 0.823. The summed E-state index contributed by atoms with van der Waals surface area (Å²) in [4.78, 5) is 26.8. The molecule has 1 N–H and O–H groups in total. The Bertz CT molecular complexity index is 574. The predicted octanol–water partition coefficient (Wildman–Crippen LogP) is 0.789. The number of nitrogens with zero attached hydrogens (tertiary/aromatic N) is 3. The summed E-state index contributed by atoms with van der Waals surface area (Å²) in [6.07, 6.45) is 0.149. The average Bonchev–Trinajstić information content (AvgIpc) is 2.37. The van der Waals surface area contributed by atoms with Crippen molar-refractivity contribution in [2.24, 2.45) is 0 Å². The van der Waals surface area contributed by atoms with Crippen molar-refractivity contribution in [3.8, 4) is 11.8 Å². The highest BCUT2D eigenvalue weighted by Gasteiger charge is 2.31. The maximum atomic E-state index is 12.0. The first-order valence-corrected chi connectivity index (χ1v) is 6.27. The van der Waals surface area contributed by atoms with E-state index in [2.05, 4.69) is 0 Å². The van der Waals surface area contributed by atoms with Crippen molar-refractivity contribution >= 4 is 17.5 Å². The van der Waals surface area contributed by atoms with Crippen LogP contribution in [-0.4, -0.2) is 41.5 Å². The second-order valence-electron chi connectivity index (χ2n) is 4.67. The Balaban J connectivity index is 2.16. The number of benzene rings is 1. The molecule has 0 radical (unpaired) electrons. The fourth-order valence-electron chi connectivity index (χ4n) is 2.27. The van der Waals surface area contributed by atoms with E-state index in [0.29, 0.717) is 0 Å². The summed E-state index contributed by atoms with van der Waals surface area (Å²) in [5.41, 5.74) is 1.56. The van der Waals surface area contributed by atoms with E-state index >= 15 is 0 Å². The van der Waals surface area contributed by atoms with Gasteiger partial charge in [-0.15, -0.1) is 0 Å². The minimum atomic E-state index is -0.302. The van der Waals surface area contributed by atoms with Gasteiger partial charge >= 0.3 is 0 Å². The van der Waals surface area contributed by atoms with Crippen molar-refractivity contribution in [3.63, 3.8) is 0 Å². The second kappa shape index (κ2) is 5.61. The third-order valence-electron chi connectivity index (χ3n) is 3.22. The monoisotopic (exact) mass is 273 g/mol. The van der Waals surface area contributed by atoms with E-state index in [0.717, 1.165) is 16.2 Å². The lowest BCUT2D eigenvalue weighted by Crippen LogP contribution is -2.54. The summed E-state index contributed by atoms with van der Waals surface area (Å²) in [6.45, 7) is 2.16. The zero-order valence-corrected chi connectivity index (χ0v) is 11.2. The van der Waals surface area contributed by atoms with Crippen molar-refractivity contribution in [1.29, 1.82) is 5.26 Å². The van der Waals surface area contributed by atoms with Crippen LogP contribution < -0.4 is 4.90 Å². The number of anilines is 1. The van der Waals surface area contributed by atoms with E-state index in [9.17, 15) is 14.7 Å². The number of piperazine rings is 1. The van der Waals surface area contributed by atoms with Gasteiger partial charge in [0.2, 0.25) is 11.8 Å². The van der Waals surface area contributed by atoms with Gasteiger partial charge < -0.3 is 10.0 Å². The minimum absolute atomic E-state index is 0.1000. The number of carbonyl (C=O) groups is 2. The first kappa shape index (κ1) is 13.9. The van der Waals surface area contributed by atoms with Crippen LogP contribution in [0.4, 0.5) is 5.69 Å². The Hall–Kier alpha value is -2.55. The molecule has 0 unspecified atom stereocenters. The molecule has 0 spiro atoms. The lowest BCUT2D eigenvalue weighted by Gasteiger charge is -2.34. The van der Waals surface area contributed by atoms with Crippen LogP contribution in [-0.2, 0) is 9.59 Å². The molecule has 0 aromatic heterocycles. The van der Waals surface area contributed by atoms with Crippen LogP contribution >= 0.6 is 0 Å². The minimum Gasteiger partial charge on any atom is -0.508 e. The Morgan fingerprint density at radius 1 is 1.30 bits per heavy atom. The van der Waals surface area contributed by atoms with Gasteiger partial charge in [-0.05, 0) is 30.7 Å². The maximum absolute atomic E-state index is 12.0. The molecule has 2 rings (SSSR count). The Labute approximate surface area is 116 Å². The van der Waals surface area contributed by atoms with Crippen molar-refractivity contribution in [1.82, 2.24) is 4.90 Å². The third-order valence-corrected chi connectivity index (χ3v) is 3.22.